The van der Waals surface area contributed by atoms with Crippen LogP contribution in [0.3, 0.4) is 0 Å². The van der Waals surface area contributed by atoms with Crippen LogP contribution in [0.15, 0.2) is 22.8 Å². The fraction of sp³-hybridized carbons (Fsp3) is 0.333. The Morgan fingerprint density at radius 1 is 1.50 bits per heavy atom. The van der Waals surface area contributed by atoms with Gasteiger partial charge in [-0.1, -0.05) is 0 Å². The zero-order valence-electron chi connectivity index (χ0n) is 5.24. The summed E-state index contributed by atoms with van der Waals surface area (Å²) in [4.78, 5) is 0.359. The minimum Gasteiger partial charge on any atom is -0.769 e. The second kappa shape index (κ2) is 2.98. The molecular formula is C6H7O3S-. The normalized spacial score (nSPS) is 21.3. The lowest BCUT2D eigenvalue weighted by atomic mass is 10.2. The van der Waals surface area contributed by atoms with Gasteiger partial charge in [0.15, 0.2) is 0 Å². The van der Waals surface area contributed by atoms with Crippen molar-refractivity contribution in [1.82, 2.24) is 0 Å². The molecule has 1 rings (SSSR count). The van der Waals surface area contributed by atoms with E-state index in [0.717, 1.165) is 0 Å². The molecule has 0 aromatic carbocycles. The summed E-state index contributed by atoms with van der Waals surface area (Å²) < 4.78 is 20.6. The van der Waals surface area contributed by atoms with Crippen molar-refractivity contribution in [3.05, 3.63) is 22.8 Å². The molecule has 0 bridgehead atoms. The molecule has 56 valence electrons. The molecule has 1 N–H and O–H groups in total. The standard InChI is InChI=1S/C6H8O3S/c7-5-1-3-6(4-2-5)10(8)9/h1,3,7H,2,4H2,(H,8,9)/p-1. The Kier molecular flexibility index (Phi) is 2.24. The maximum atomic E-state index is 10.3. The van der Waals surface area contributed by atoms with Crippen molar-refractivity contribution in [2.45, 2.75) is 12.8 Å². The number of aliphatic hydroxyl groups is 1. The van der Waals surface area contributed by atoms with E-state index in [1.54, 1.807) is 0 Å². The summed E-state index contributed by atoms with van der Waals surface area (Å²) in [5, 5.41) is 8.82. The van der Waals surface area contributed by atoms with Crippen LogP contribution in [-0.2, 0) is 11.1 Å². The van der Waals surface area contributed by atoms with E-state index in [1.165, 1.54) is 12.2 Å². The van der Waals surface area contributed by atoms with E-state index in [2.05, 4.69) is 0 Å². The molecule has 3 nitrogen and oxygen atoms in total. The molecule has 0 spiro atoms. The van der Waals surface area contributed by atoms with Crippen LogP contribution in [0.25, 0.3) is 0 Å². The highest BCUT2D eigenvalue weighted by Crippen LogP contribution is 2.17. The molecule has 1 atom stereocenters. The van der Waals surface area contributed by atoms with Crippen molar-refractivity contribution in [3.63, 3.8) is 0 Å². The third kappa shape index (κ3) is 1.68. The smallest absolute Gasteiger partial charge is 0.0926 e. The number of hydrogen-bond donors (Lipinski definition) is 1. The molecule has 0 aromatic heterocycles. The van der Waals surface area contributed by atoms with Gasteiger partial charge in [-0.2, -0.15) is 0 Å². The molecule has 0 radical (unpaired) electrons. The third-order valence-corrected chi connectivity index (χ3v) is 2.07. The second-order valence-electron chi connectivity index (χ2n) is 2.03. The Hall–Kier alpha value is -0.610. The molecule has 0 aliphatic heterocycles. The average molecular weight is 159 g/mol. The first-order valence-electron chi connectivity index (χ1n) is 2.88. The highest BCUT2D eigenvalue weighted by Gasteiger charge is 2.03. The van der Waals surface area contributed by atoms with Crippen molar-refractivity contribution in [1.29, 1.82) is 0 Å². The Morgan fingerprint density at radius 2 is 2.20 bits per heavy atom. The summed E-state index contributed by atoms with van der Waals surface area (Å²) in [6.45, 7) is 0. The summed E-state index contributed by atoms with van der Waals surface area (Å²) in [5.41, 5.74) is 0. The Bertz CT molecular complexity index is 217. The second-order valence-corrected chi connectivity index (χ2v) is 3.02. The first-order chi connectivity index (χ1) is 4.70. The molecule has 0 fully saturated rings. The highest BCUT2D eigenvalue weighted by molar-refractivity contribution is 7.83. The van der Waals surface area contributed by atoms with Crippen molar-refractivity contribution in [2.75, 3.05) is 0 Å². The predicted molar refractivity (Wildman–Crippen MR) is 36.9 cm³/mol. The fourth-order valence-corrected chi connectivity index (χ4v) is 1.19. The maximum absolute atomic E-state index is 10.3. The lowest BCUT2D eigenvalue weighted by molar-refractivity contribution is 0.386. The Labute approximate surface area is 61.4 Å². The zero-order chi connectivity index (χ0) is 7.56. The highest BCUT2D eigenvalue weighted by atomic mass is 32.2. The third-order valence-electron chi connectivity index (χ3n) is 1.30. The van der Waals surface area contributed by atoms with Crippen molar-refractivity contribution in [3.8, 4) is 0 Å². The van der Waals surface area contributed by atoms with Crippen LogP contribution < -0.4 is 0 Å². The van der Waals surface area contributed by atoms with E-state index in [1.807, 2.05) is 0 Å². The molecule has 0 saturated carbocycles. The van der Waals surface area contributed by atoms with Gasteiger partial charge in [-0.25, -0.2) is 0 Å². The van der Waals surface area contributed by atoms with Crippen LogP contribution in [0.5, 0.6) is 0 Å². The maximum Gasteiger partial charge on any atom is 0.0926 e. The lowest BCUT2D eigenvalue weighted by Crippen LogP contribution is -1.98. The van der Waals surface area contributed by atoms with Gasteiger partial charge in [0.25, 0.3) is 0 Å². The van der Waals surface area contributed by atoms with E-state index in [-0.39, 0.29) is 5.76 Å². The molecule has 0 saturated heterocycles. The molecule has 10 heavy (non-hydrogen) atoms. The van der Waals surface area contributed by atoms with E-state index >= 15 is 0 Å². The Morgan fingerprint density at radius 3 is 2.60 bits per heavy atom. The quantitative estimate of drug-likeness (QED) is 0.580. The molecule has 1 aliphatic rings. The van der Waals surface area contributed by atoms with Gasteiger partial charge in [0.2, 0.25) is 0 Å². The number of hydrogen-bond acceptors (Lipinski definition) is 3. The van der Waals surface area contributed by atoms with E-state index in [0.29, 0.717) is 17.7 Å². The van der Waals surface area contributed by atoms with Gasteiger partial charge in [0.1, 0.15) is 0 Å². The zero-order valence-corrected chi connectivity index (χ0v) is 6.06. The topological polar surface area (TPSA) is 60.4 Å². The molecule has 1 aliphatic carbocycles. The van der Waals surface area contributed by atoms with Crippen molar-refractivity contribution in [2.24, 2.45) is 0 Å². The van der Waals surface area contributed by atoms with E-state index < -0.39 is 11.1 Å². The molecule has 0 aromatic rings. The van der Waals surface area contributed by atoms with Gasteiger partial charge in [-0.3, -0.25) is 4.21 Å². The van der Waals surface area contributed by atoms with Crippen LogP contribution in [0.1, 0.15) is 12.8 Å². The van der Waals surface area contributed by atoms with Crippen LogP contribution in [0.2, 0.25) is 0 Å². The van der Waals surface area contributed by atoms with Crippen LogP contribution in [-0.4, -0.2) is 13.9 Å². The minimum absolute atomic E-state index is 0.245. The van der Waals surface area contributed by atoms with Gasteiger partial charge < -0.3 is 9.66 Å². The van der Waals surface area contributed by atoms with Gasteiger partial charge in [0.05, 0.1) is 5.76 Å². The monoisotopic (exact) mass is 159 g/mol. The van der Waals surface area contributed by atoms with Crippen molar-refractivity contribution < 1.29 is 13.9 Å². The van der Waals surface area contributed by atoms with Crippen LogP contribution in [0.4, 0.5) is 0 Å². The number of aliphatic hydroxyl groups excluding tert-OH is 1. The first-order valence-corrected chi connectivity index (χ1v) is 3.95. The first kappa shape index (κ1) is 7.50. The van der Waals surface area contributed by atoms with Crippen molar-refractivity contribution >= 4 is 11.1 Å². The van der Waals surface area contributed by atoms with E-state index in [4.69, 9.17) is 5.11 Å². The van der Waals surface area contributed by atoms with Crippen LogP contribution in [0, 0.1) is 0 Å². The molecule has 0 amide bonds. The molecular weight excluding hydrogens is 152 g/mol. The minimum atomic E-state index is -2.11. The van der Waals surface area contributed by atoms with Gasteiger partial charge in [-0.05, 0) is 29.7 Å². The van der Waals surface area contributed by atoms with E-state index in [9.17, 15) is 8.76 Å². The molecule has 1 unspecified atom stereocenters. The number of allylic oxidation sites excluding steroid dienone is 4. The summed E-state index contributed by atoms with van der Waals surface area (Å²) in [7, 11) is 0. The molecule has 0 heterocycles. The van der Waals surface area contributed by atoms with Gasteiger partial charge >= 0.3 is 0 Å². The van der Waals surface area contributed by atoms with Crippen LogP contribution >= 0.6 is 0 Å². The average Bonchev–Trinajstić information content (AvgIpc) is 1.88. The molecule has 4 heteroatoms. The van der Waals surface area contributed by atoms with Gasteiger partial charge in [-0.15, -0.1) is 0 Å². The van der Waals surface area contributed by atoms with Gasteiger partial charge in [0, 0.05) is 11.3 Å². The lowest BCUT2D eigenvalue weighted by Gasteiger charge is -2.12. The number of rotatable bonds is 1. The largest absolute Gasteiger partial charge is 0.769 e. The summed E-state index contributed by atoms with van der Waals surface area (Å²) in [5.74, 6) is 0.245. The fourth-order valence-electron chi connectivity index (χ4n) is 0.746. The summed E-state index contributed by atoms with van der Waals surface area (Å²) >= 11 is -2.11. The Balaban J connectivity index is 2.74. The predicted octanol–water partition coefficient (Wildman–Crippen LogP) is 0.985. The summed E-state index contributed by atoms with van der Waals surface area (Å²) in [6.07, 6.45) is 3.68. The SMILES string of the molecule is O=S([O-])C1=CC=C(O)CC1. The summed E-state index contributed by atoms with van der Waals surface area (Å²) in [6, 6.07) is 0.